The quantitative estimate of drug-likeness (QED) is 0.0698. The Morgan fingerprint density at radius 3 is 1.23 bits per heavy atom. The third-order valence-corrected chi connectivity index (χ3v) is 21.5. The number of hydrogen-bond acceptors (Lipinski definition) is 20. The van der Waals surface area contributed by atoms with Crippen molar-refractivity contribution in [2.45, 2.75) is 68.4 Å². The summed E-state index contributed by atoms with van der Waals surface area (Å²) in [5.41, 5.74) is 2.84. The summed E-state index contributed by atoms with van der Waals surface area (Å²) in [4.78, 5) is 135. The maximum atomic E-state index is 13.9. The zero-order valence-electron chi connectivity index (χ0n) is 58.8. The van der Waals surface area contributed by atoms with E-state index in [1.807, 2.05) is 114 Å². The number of halogens is 3. The number of alkyl halides is 3. The average molecular weight is 1550 g/mol. The highest BCUT2D eigenvalue weighted by Crippen LogP contribution is 2.36. The summed E-state index contributed by atoms with van der Waals surface area (Å²) in [6.07, 6.45) is -1.11. The number of para-hydroxylation sites is 3. The summed E-state index contributed by atoms with van der Waals surface area (Å²) in [6, 6.07) is 37.8. The summed E-state index contributed by atoms with van der Waals surface area (Å²) in [7, 11) is 1.67. The predicted molar refractivity (Wildman–Crippen MR) is 425 cm³/mol. The summed E-state index contributed by atoms with van der Waals surface area (Å²) in [6.45, 7) is 11.6. The molecule has 29 heteroatoms. The lowest BCUT2D eigenvalue weighted by atomic mass is 10.0. The Bertz CT molecular complexity index is 5050. The Morgan fingerprint density at radius 2 is 0.853 bits per heavy atom. The number of esters is 3. The first-order valence-electron chi connectivity index (χ1n) is 34.8. The molecule has 4 aliphatic rings. The van der Waals surface area contributed by atoms with Gasteiger partial charge in [-0.1, -0.05) is 101 Å². The molecule has 3 amide bonds. The molecule has 0 bridgehead atoms. The van der Waals surface area contributed by atoms with E-state index in [9.17, 15) is 56.3 Å². The second-order valence-corrected chi connectivity index (χ2v) is 28.1. The lowest BCUT2D eigenvalue weighted by molar-refractivity contribution is -0.137. The second kappa shape index (κ2) is 37.0. The number of anilines is 3. The molecule has 4 saturated heterocycles. The van der Waals surface area contributed by atoms with Gasteiger partial charge in [0.05, 0.1) is 87.9 Å². The van der Waals surface area contributed by atoms with Crippen molar-refractivity contribution in [3.8, 4) is 0 Å². The van der Waals surface area contributed by atoms with Crippen LogP contribution in [-0.4, -0.2) is 185 Å². The molecule has 6 aromatic heterocycles. The van der Waals surface area contributed by atoms with Gasteiger partial charge in [0.15, 0.2) is 0 Å². The molecule has 0 radical (unpaired) electrons. The third kappa shape index (κ3) is 17.9. The SMILES string of the molecule is C.C.C.CCOC(=O)c1c(N2CCN(C(=O)C3CSCN3)CC2)c2ccccc2n(C)c1=O.CCOC(=O)c1c(N2CCN(C(=O)c3cccs3)CC2)c2ccccc2n(Cc2ccc(C(F)(F)F)cc2)c1=O.CCOC(=O)c1c(N2CCN(C(=O)c3cccs3)CC2)c2ccccc2n(Cc2ccncc2)c1=O. The number of carbonyl (C=O) groups is 6. The first kappa shape index (κ1) is 82.4. The number of carbonyl (C=O) groups excluding carboxylic acids is 6. The number of aromatic nitrogens is 4. The van der Waals surface area contributed by atoms with Gasteiger partial charge in [0.1, 0.15) is 16.7 Å². The number of rotatable bonds is 16. The number of benzene rings is 4. The number of nitrogens with zero attached hydrogens (tertiary/aromatic N) is 10. The minimum Gasteiger partial charge on any atom is -0.462 e. The highest BCUT2D eigenvalue weighted by Gasteiger charge is 2.36. The third-order valence-electron chi connectivity index (χ3n) is 18.9. The molecule has 1 N–H and O–H groups in total. The number of hydrogen-bond donors (Lipinski definition) is 1. The van der Waals surface area contributed by atoms with E-state index >= 15 is 0 Å². The maximum absolute atomic E-state index is 13.9. The van der Waals surface area contributed by atoms with E-state index in [0.29, 0.717) is 128 Å². The van der Waals surface area contributed by atoms with Crippen LogP contribution in [0.1, 0.15) is 110 Å². The number of amides is 3. The standard InChI is InChI=1S/C29H26F3N3O4S.C27H26N4O4S.C21H26N4O4S.3CH4/c1-2-39-28(38)24-25(33-13-15-34(16-14-33)26(36)23-8-5-17-40-23)21-6-3-4-7-22(21)35(27(24)37)18-19-9-11-20(12-10-19)29(30,31)32;1-2-35-27(34)23-24(29-13-15-30(16-14-29)25(32)22-8-5-17-36-22)20-6-3-4-7-21(20)31(26(23)33)18-19-9-11-28-12-10-19;1-3-29-21(28)17-18(14-6-4-5-7-16(14)23(2)20(17)27)24-8-10-25(11-9-24)19(26)15-12-30-13-22-15;;;/h3-12,17H,2,13-16,18H2,1H3;3-12,17H,2,13-16,18H2,1H3;4-7,15,22H,3,8-13H2,1-2H3;3*1H4. The van der Waals surface area contributed by atoms with Crippen LogP contribution >= 0.6 is 34.4 Å². The van der Waals surface area contributed by atoms with Crippen LogP contribution in [0, 0.1) is 0 Å². The Hall–Kier alpha value is -10.6. The molecule has 4 aliphatic heterocycles. The molecule has 576 valence electrons. The number of fused-ring (bicyclic) bond motifs is 3. The number of thiophene rings is 2. The Balaban J connectivity index is 0.000000188. The van der Waals surface area contributed by atoms with E-state index < -0.39 is 40.8 Å². The number of thioether (sulfide) groups is 1. The number of nitrogens with one attached hydrogen (secondary N) is 1. The van der Waals surface area contributed by atoms with Crippen LogP contribution in [-0.2, 0) is 45.3 Å². The van der Waals surface area contributed by atoms with Gasteiger partial charge in [-0.05, 0) is 97.3 Å². The largest absolute Gasteiger partial charge is 0.462 e. The molecule has 10 heterocycles. The van der Waals surface area contributed by atoms with Gasteiger partial charge in [-0.15, -0.1) is 34.4 Å². The molecule has 0 spiro atoms. The lowest BCUT2D eigenvalue weighted by Gasteiger charge is -2.38. The summed E-state index contributed by atoms with van der Waals surface area (Å²) >= 11 is 4.53. The Labute approximate surface area is 642 Å². The van der Waals surface area contributed by atoms with E-state index in [1.165, 1.54) is 43.9 Å². The summed E-state index contributed by atoms with van der Waals surface area (Å²) in [5.74, 6) is -0.340. The summed E-state index contributed by atoms with van der Waals surface area (Å²) < 4.78 is 59.6. The molecule has 0 aliphatic carbocycles. The fourth-order valence-electron chi connectivity index (χ4n) is 13.7. The molecule has 14 rings (SSSR count). The molecule has 1 unspecified atom stereocenters. The Kier molecular flexibility index (Phi) is 28.0. The van der Waals surface area contributed by atoms with Crippen molar-refractivity contribution in [1.29, 1.82) is 0 Å². The number of pyridine rings is 4. The van der Waals surface area contributed by atoms with Crippen LogP contribution in [0.3, 0.4) is 0 Å². The van der Waals surface area contributed by atoms with Gasteiger partial charge in [-0.2, -0.15) is 13.2 Å². The first-order chi connectivity index (χ1) is 51.3. The van der Waals surface area contributed by atoms with Gasteiger partial charge >= 0.3 is 24.1 Å². The van der Waals surface area contributed by atoms with Crippen LogP contribution < -0.4 is 36.7 Å². The lowest BCUT2D eigenvalue weighted by Crippen LogP contribution is -2.54. The summed E-state index contributed by atoms with van der Waals surface area (Å²) in [5, 5.41) is 9.23. The van der Waals surface area contributed by atoms with Gasteiger partial charge in [-0.3, -0.25) is 39.1 Å². The molecule has 1 atom stereocenters. The monoisotopic (exact) mass is 1550 g/mol. The van der Waals surface area contributed by atoms with Crippen molar-refractivity contribution in [3.63, 3.8) is 0 Å². The number of ether oxygens (including phenoxy) is 3. The molecule has 4 aromatic carbocycles. The van der Waals surface area contributed by atoms with Crippen molar-refractivity contribution in [2.24, 2.45) is 7.05 Å². The number of piperazine rings is 3. The number of aryl methyl sites for hydroxylation is 1. The van der Waals surface area contributed by atoms with E-state index in [1.54, 1.807) is 91.8 Å². The minimum absolute atomic E-state index is 0. The molecular formula is C80H90F3N11O12S3. The van der Waals surface area contributed by atoms with Crippen molar-refractivity contribution in [1.82, 2.24) is 38.7 Å². The smallest absolute Gasteiger partial charge is 0.416 e. The normalized spacial score (nSPS) is 15.0. The van der Waals surface area contributed by atoms with Crippen LogP contribution in [0.15, 0.2) is 171 Å². The zero-order valence-corrected chi connectivity index (χ0v) is 61.2. The molecule has 23 nitrogen and oxygen atoms in total. The fraction of sp³-hybridized carbons (Fsp3) is 0.350. The van der Waals surface area contributed by atoms with E-state index in [2.05, 4.69) is 10.3 Å². The second-order valence-electron chi connectivity index (χ2n) is 25.2. The molecule has 0 saturated carbocycles. The Morgan fingerprint density at radius 1 is 0.477 bits per heavy atom. The first-order valence-corrected chi connectivity index (χ1v) is 37.7. The highest BCUT2D eigenvalue weighted by molar-refractivity contribution is 7.99. The van der Waals surface area contributed by atoms with Crippen molar-refractivity contribution < 1.29 is 56.1 Å². The minimum atomic E-state index is -4.47. The highest BCUT2D eigenvalue weighted by atomic mass is 32.2. The zero-order chi connectivity index (χ0) is 74.8. The van der Waals surface area contributed by atoms with Crippen molar-refractivity contribution in [3.05, 3.63) is 231 Å². The maximum Gasteiger partial charge on any atom is 0.416 e. The van der Waals surface area contributed by atoms with E-state index in [0.717, 1.165) is 51.1 Å². The van der Waals surface area contributed by atoms with Crippen LogP contribution in [0.5, 0.6) is 0 Å². The van der Waals surface area contributed by atoms with E-state index in [-0.39, 0.29) is 94.7 Å². The van der Waals surface area contributed by atoms with Crippen molar-refractivity contribution >= 4 is 120 Å². The fourth-order valence-corrected chi connectivity index (χ4v) is 16.0. The molecule has 4 fully saturated rings. The van der Waals surface area contributed by atoms with Crippen LogP contribution in [0.4, 0.5) is 30.2 Å². The van der Waals surface area contributed by atoms with Gasteiger partial charge in [-0.25, -0.2) is 14.4 Å². The van der Waals surface area contributed by atoms with E-state index in [4.69, 9.17) is 14.2 Å². The topological polar surface area (TPSA) is 240 Å². The molecule has 10 aromatic rings. The average Bonchev–Trinajstić information content (AvgIpc) is 1.20. The van der Waals surface area contributed by atoms with Gasteiger partial charge in [0, 0.05) is 126 Å². The molecular weight excluding hydrogens is 1460 g/mol. The van der Waals surface area contributed by atoms with Crippen LogP contribution in [0.2, 0.25) is 0 Å². The molecule has 109 heavy (non-hydrogen) atoms. The van der Waals surface area contributed by atoms with Gasteiger partial charge in [0.25, 0.3) is 28.5 Å². The predicted octanol–water partition coefficient (Wildman–Crippen LogP) is 11.8. The van der Waals surface area contributed by atoms with Gasteiger partial charge < -0.3 is 57.3 Å². The van der Waals surface area contributed by atoms with Crippen LogP contribution in [0.25, 0.3) is 32.7 Å². The van der Waals surface area contributed by atoms with Gasteiger partial charge in [0.2, 0.25) is 5.91 Å². The van der Waals surface area contributed by atoms with Crippen molar-refractivity contribution in [2.75, 3.05) is 125 Å².